The van der Waals surface area contributed by atoms with Crippen molar-refractivity contribution in [3.63, 3.8) is 0 Å². The molecular formula is C25H28ClN3O3. The molecule has 7 heteroatoms. The van der Waals surface area contributed by atoms with E-state index in [1.165, 1.54) is 5.56 Å². The van der Waals surface area contributed by atoms with E-state index in [-0.39, 0.29) is 11.9 Å². The molecule has 3 aliphatic heterocycles. The first-order valence-electron chi connectivity index (χ1n) is 11.2. The normalized spacial score (nSPS) is 23.0. The first-order valence-corrected chi connectivity index (χ1v) is 11.6. The van der Waals surface area contributed by atoms with Crippen molar-refractivity contribution >= 4 is 23.2 Å². The number of nitrogens with zero attached hydrogens (tertiary/aromatic N) is 3. The zero-order valence-electron chi connectivity index (χ0n) is 18.3. The maximum Gasteiger partial charge on any atom is 0.257 e. The van der Waals surface area contributed by atoms with Crippen molar-refractivity contribution in [2.24, 2.45) is 5.10 Å². The van der Waals surface area contributed by atoms with Crippen LogP contribution in [0.5, 0.6) is 0 Å². The Hall–Kier alpha value is -2.25. The number of piperidine rings is 1. The largest absolute Gasteiger partial charge is 0.347 e. The number of ether oxygens (including phenoxy) is 2. The van der Waals surface area contributed by atoms with Crippen LogP contribution in [-0.2, 0) is 14.3 Å². The van der Waals surface area contributed by atoms with Crippen LogP contribution in [0.1, 0.15) is 42.0 Å². The number of hydrazone groups is 1. The molecule has 5 rings (SSSR count). The Labute approximate surface area is 193 Å². The van der Waals surface area contributed by atoms with Gasteiger partial charge in [-0.15, -0.1) is 0 Å². The van der Waals surface area contributed by atoms with Crippen LogP contribution >= 0.6 is 11.6 Å². The zero-order valence-corrected chi connectivity index (χ0v) is 19.1. The Morgan fingerprint density at radius 1 is 1.12 bits per heavy atom. The molecule has 3 heterocycles. The highest BCUT2D eigenvalue weighted by Gasteiger charge is 2.41. The van der Waals surface area contributed by atoms with Crippen LogP contribution in [0.15, 0.2) is 53.6 Å². The number of rotatable bonds is 4. The summed E-state index contributed by atoms with van der Waals surface area (Å²) in [4.78, 5) is 15.6. The van der Waals surface area contributed by atoms with E-state index in [1.807, 2.05) is 30.3 Å². The van der Waals surface area contributed by atoms with Gasteiger partial charge in [0.25, 0.3) is 5.91 Å². The van der Waals surface area contributed by atoms with Gasteiger partial charge in [-0.2, -0.15) is 5.10 Å². The Morgan fingerprint density at radius 3 is 2.59 bits per heavy atom. The first kappa shape index (κ1) is 21.6. The predicted molar refractivity (Wildman–Crippen MR) is 124 cm³/mol. The molecule has 1 atom stereocenters. The minimum absolute atomic E-state index is 0.0122. The Morgan fingerprint density at radius 2 is 1.88 bits per heavy atom. The summed E-state index contributed by atoms with van der Waals surface area (Å²) in [5.41, 5.74) is 4.06. The lowest BCUT2D eigenvalue weighted by Gasteiger charge is -2.37. The van der Waals surface area contributed by atoms with E-state index in [0.717, 1.165) is 42.8 Å². The van der Waals surface area contributed by atoms with E-state index < -0.39 is 5.79 Å². The number of halogens is 1. The van der Waals surface area contributed by atoms with Crippen molar-refractivity contribution in [1.29, 1.82) is 0 Å². The maximum absolute atomic E-state index is 13.4. The second kappa shape index (κ2) is 8.94. The number of likely N-dealkylation sites (tertiary alicyclic amines) is 1. The third kappa shape index (κ3) is 4.33. The lowest BCUT2D eigenvalue weighted by molar-refractivity contribution is -0.186. The van der Waals surface area contributed by atoms with E-state index >= 15 is 0 Å². The summed E-state index contributed by atoms with van der Waals surface area (Å²) in [5, 5.41) is 7.10. The highest BCUT2D eigenvalue weighted by atomic mass is 35.5. The molecule has 2 fully saturated rings. The van der Waals surface area contributed by atoms with Gasteiger partial charge in [0.15, 0.2) is 5.79 Å². The molecule has 0 N–H and O–H groups in total. The van der Waals surface area contributed by atoms with E-state index in [0.29, 0.717) is 31.2 Å². The molecule has 0 bridgehead atoms. The van der Waals surface area contributed by atoms with Gasteiger partial charge in [0.05, 0.1) is 31.5 Å². The molecule has 3 aliphatic rings. The van der Waals surface area contributed by atoms with E-state index in [2.05, 4.69) is 30.0 Å². The van der Waals surface area contributed by atoms with Crippen LogP contribution in [0.4, 0.5) is 0 Å². The molecule has 6 nitrogen and oxygen atoms in total. The number of benzene rings is 2. The Balaban J connectivity index is 1.35. The molecule has 2 saturated heterocycles. The summed E-state index contributed by atoms with van der Waals surface area (Å²) < 4.78 is 11.6. The molecule has 32 heavy (non-hydrogen) atoms. The number of hydrogen-bond acceptors (Lipinski definition) is 5. The number of amides is 1. The van der Waals surface area contributed by atoms with Gasteiger partial charge in [-0.25, -0.2) is 5.01 Å². The molecule has 0 radical (unpaired) electrons. The number of hydrogen-bond donors (Lipinski definition) is 0. The highest BCUT2D eigenvalue weighted by Crippen LogP contribution is 2.37. The molecular weight excluding hydrogens is 426 g/mol. The fraction of sp³-hybridized carbons (Fsp3) is 0.440. The van der Waals surface area contributed by atoms with Crippen molar-refractivity contribution in [3.05, 3.63) is 70.2 Å². The Bertz CT molecular complexity index is 1020. The molecule has 0 aromatic heterocycles. The van der Waals surface area contributed by atoms with Crippen molar-refractivity contribution in [2.75, 3.05) is 32.8 Å². The average molecular weight is 454 g/mol. The molecule has 0 unspecified atom stereocenters. The fourth-order valence-corrected chi connectivity index (χ4v) is 5.09. The van der Waals surface area contributed by atoms with Crippen LogP contribution in [-0.4, -0.2) is 60.2 Å². The molecule has 2 aromatic rings. The first-order chi connectivity index (χ1) is 15.5. The van der Waals surface area contributed by atoms with E-state index in [9.17, 15) is 4.79 Å². The minimum atomic E-state index is -0.441. The fourth-order valence-electron chi connectivity index (χ4n) is 4.83. The van der Waals surface area contributed by atoms with Gasteiger partial charge in [0, 0.05) is 37.4 Å². The van der Waals surface area contributed by atoms with Crippen molar-refractivity contribution < 1.29 is 14.3 Å². The number of carbonyl (C=O) groups excluding carboxylic acids is 1. The molecule has 168 valence electrons. The third-order valence-electron chi connectivity index (χ3n) is 6.57. The van der Waals surface area contributed by atoms with E-state index in [4.69, 9.17) is 26.2 Å². The van der Waals surface area contributed by atoms with Crippen molar-refractivity contribution in [3.8, 4) is 0 Å². The standard InChI is InChI=1S/C25H28ClN3O3/c1-18-5-4-6-19(15-18)22-16-23(20-7-2-3-8-21(20)26)29(27-22)24(30)17-28-11-9-25(10-12-28)31-13-14-32-25/h2-8,15,23H,9-14,16-17H2,1H3/t23-/m1/s1. The van der Waals surface area contributed by atoms with Crippen LogP contribution in [0, 0.1) is 6.92 Å². The van der Waals surface area contributed by atoms with Crippen molar-refractivity contribution in [2.45, 2.75) is 38.0 Å². The predicted octanol–water partition coefficient (Wildman–Crippen LogP) is 4.17. The molecule has 1 amide bonds. The minimum Gasteiger partial charge on any atom is -0.347 e. The van der Waals surface area contributed by atoms with Gasteiger partial charge >= 0.3 is 0 Å². The van der Waals surface area contributed by atoms with E-state index in [1.54, 1.807) is 5.01 Å². The Kier molecular flexibility index (Phi) is 6.03. The topological polar surface area (TPSA) is 54.4 Å². The van der Waals surface area contributed by atoms with Gasteiger partial charge in [-0.3, -0.25) is 9.69 Å². The van der Waals surface area contributed by atoms with Gasteiger partial charge in [-0.1, -0.05) is 59.6 Å². The highest BCUT2D eigenvalue weighted by molar-refractivity contribution is 6.31. The second-order valence-corrected chi connectivity index (χ2v) is 9.19. The third-order valence-corrected chi connectivity index (χ3v) is 6.92. The van der Waals surface area contributed by atoms with Crippen LogP contribution < -0.4 is 0 Å². The van der Waals surface area contributed by atoms with Gasteiger partial charge in [0.1, 0.15) is 0 Å². The molecule has 0 aliphatic carbocycles. The van der Waals surface area contributed by atoms with Gasteiger partial charge in [-0.05, 0) is 24.1 Å². The molecule has 2 aromatic carbocycles. The summed E-state index contributed by atoms with van der Waals surface area (Å²) in [6.07, 6.45) is 2.21. The van der Waals surface area contributed by atoms with Crippen LogP contribution in [0.3, 0.4) is 0 Å². The zero-order chi connectivity index (χ0) is 22.1. The number of aryl methyl sites for hydroxylation is 1. The summed E-state index contributed by atoms with van der Waals surface area (Å²) in [6, 6.07) is 15.8. The van der Waals surface area contributed by atoms with Gasteiger partial charge < -0.3 is 9.47 Å². The smallest absolute Gasteiger partial charge is 0.257 e. The quantitative estimate of drug-likeness (QED) is 0.697. The molecule has 1 spiro atoms. The van der Waals surface area contributed by atoms with Crippen LogP contribution in [0.25, 0.3) is 0 Å². The SMILES string of the molecule is Cc1cccc(C2=NN(C(=O)CN3CCC4(CC3)OCCO4)[C@@H](c3ccccc3Cl)C2)c1. The summed E-state index contributed by atoms with van der Waals surface area (Å²) in [6.45, 7) is 5.23. The van der Waals surface area contributed by atoms with Gasteiger partial charge in [0.2, 0.25) is 0 Å². The van der Waals surface area contributed by atoms with Crippen LogP contribution in [0.2, 0.25) is 5.02 Å². The lowest BCUT2D eigenvalue weighted by atomic mass is 9.97. The average Bonchev–Trinajstić information content (AvgIpc) is 3.44. The number of carbonyl (C=O) groups is 1. The summed E-state index contributed by atoms with van der Waals surface area (Å²) in [7, 11) is 0. The summed E-state index contributed by atoms with van der Waals surface area (Å²) in [5.74, 6) is -0.453. The lowest BCUT2D eigenvalue weighted by Crippen LogP contribution is -2.48. The van der Waals surface area contributed by atoms with Crippen molar-refractivity contribution in [1.82, 2.24) is 9.91 Å². The monoisotopic (exact) mass is 453 g/mol. The maximum atomic E-state index is 13.4. The molecule has 0 saturated carbocycles. The summed E-state index contributed by atoms with van der Waals surface area (Å²) >= 11 is 6.53. The second-order valence-electron chi connectivity index (χ2n) is 8.78.